The van der Waals surface area contributed by atoms with Crippen molar-refractivity contribution in [1.82, 2.24) is 0 Å². The molecule has 1 N–H and O–H groups in total. The molecular formula is C8H14O4. The number of ether oxygens (including phenoxy) is 2. The lowest BCUT2D eigenvalue weighted by Gasteiger charge is -2.08. The number of aliphatic hydroxyl groups is 1. The summed E-state index contributed by atoms with van der Waals surface area (Å²) in [7, 11) is 1.34. The molecule has 1 aliphatic heterocycles. The molecule has 4 nitrogen and oxygen atoms in total. The lowest BCUT2D eigenvalue weighted by atomic mass is 10.1. The summed E-state index contributed by atoms with van der Waals surface area (Å²) in [5.41, 5.74) is 0. The second-order valence-electron chi connectivity index (χ2n) is 3.05. The van der Waals surface area contributed by atoms with Gasteiger partial charge in [0.05, 0.1) is 31.8 Å². The summed E-state index contributed by atoms with van der Waals surface area (Å²) in [6.07, 6.45) is -0.0319. The Bertz CT molecular complexity index is 158. The minimum absolute atomic E-state index is 0.167. The summed E-state index contributed by atoms with van der Waals surface area (Å²) in [5, 5.41) is 9.28. The molecule has 0 bridgehead atoms. The average molecular weight is 174 g/mol. The minimum Gasteiger partial charge on any atom is -0.469 e. The highest BCUT2D eigenvalue weighted by Crippen LogP contribution is 2.22. The average Bonchev–Trinajstić information content (AvgIpc) is 2.31. The SMILES string of the molecule is COC(=O)C[C@H]1C[C@@H](O)[C@@H](C)O1. The van der Waals surface area contributed by atoms with Crippen molar-refractivity contribution in [2.24, 2.45) is 0 Å². The normalized spacial score (nSPS) is 35.1. The van der Waals surface area contributed by atoms with Gasteiger partial charge in [0.2, 0.25) is 0 Å². The standard InChI is InChI=1S/C8H14O4/c1-5-7(9)3-6(12-5)4-8(10)11-2/h5-7,9H,3-4H2,1-2H3/t5-,6-,7-/m1/s1. The fourth-order valence-corrected chi connectivity index (χ4v) is 1.31. The molecular weight excluding hydrogens is 160 g/mol. The van der Waals surface area contributed by atoms with Crippen molar-refractivity contribution >= 4 is 5.97 Å². The van der Waals surface area contributed by atoms with Gasteiger partial charge >= 0.3 is 5.97 Å². The van der Waals surface area contributed by atoms with Gasteiger partial charge in [-0.15, -0.1) is 0 Å². The number of carbonyl (C=O) groups excluding carboxylic acids is 1. The molecule has 0 spiro atoms. The smallest absolute Gasteiger partial charge is 0.308 e. The molecule has 70 valence electrons. The van der Waals surface area contributed by atoms with Crippen molar-refractivity contribution in [3.05, 3.63) is 0 Å². The van der Waals surface area contributed by atoms with Gasteiger partial charge in [-0.1, -0.05) is 0 Å². The van der Waals surface area contributed by atoms with E-state index in [-0.39, 0.29) is 24.6 Å². The second-order valence-corrected chi connectivity index (χ2v) is 3.05. The summed E-state index contributed by atoms with van der Waals surface area (Å²) in [6.45, 7) is 1.79. The number of hydrogen-bond acceptors (Lipinski definition) is 4. The first kappa shape index (κ1) is 9.48. The molecule has 0 radical (unpaired) electrons. The second kappa shape index (κ2) is 3.87. The molecule has 0 amide bonds. The zero-order valence-corrected chi connectivity index (χ0v) is 7.32. The van der Waals surface area contributed by atoms with Gasteiger partial charge in [0, 0.05) is 6.42 Å². The fraction of sp³-hybridized carbons (Fsp3) is 0.875. The summed E-state index contributed by atoms with van der Waals surface area (Å²) in [4.78, 5) is 10.8. The van der Waals surface area contributed by atoms with Crippen molar-refractivity contribution in [1.29, 1.82) is 0 Å². The first-order valence-corrected chi connectivity index (χ1v) is 4.04. The van der Waals surface area contributed by atoms with Gasteiger partial charge in [-0.3, -0.25) is 4.79 Å². The summed E-state index contributed by atoms with van der Waals surface area (Å²) in [6, 6.07) is 0. The predicted molar refractivity (Wildman–Crippen MR) is 41.6 cm³/mol. The van der Waals surface area contributed by atoms with Crippen molar-refractivity contribution in [2.45, 2.75) is 38.1 Å². The van der Waals surface area contributed by atoms with Crippen molar-refractivity contribution in [2.75, 3.05) is 7.11 Å². The van der Waals surface area contributed by atoms with Crippen LogP contribution in [0.3, 0.4) is 0 Å². The Balaban J connectivity index is 2.32. The van der Waals surface area contributed by atoms with E-state index in [1.807, 2.05) is 0 Å². The molecule has 0 aromatic rings. The Morgan fingerprint density at radius 2 is 2.42 bits per heavy atom. The monoisotopic (exact) mass is 174 g/mol. The van der Waals surface area contributed by atoms with Gasteiger partial charge in [-0.25, -0.2) is 0 Å². The van der Waals surface area contributed by atoms with Gasteiger partial charge in [0.1, 0.15) is 0 Å². The lowest BCUT2D eigenvalue weighted by molar-refractivity contribution is -0.143. The first-order valence-electron chi connectivity index (χ1n) is 4.04. The summed E-state index contributed by atoms with van der Waals surface area (Å²) < 4.78 is 9.78. The Hall–Kier alpha value is -0.610. The Morgan fingerprint density at radius 3 is 2.83 bits per heavy atom. The van der Waals surface area contributed by atoms with E-state index >= 15 is 0 Å². The highest BCUT2D eigenvalue weighted by atomic mass is 16.5. The third-order valence-corrected chi connectivity index (χ3v) is 2.08. The summed E-state index contributed by atoms with van der Waals surface area (Å²) >= 11 is 0. The number of carbonyl (C=O) groups is 1. The molecule has 1 rings (SSSR count). The molecule has 0 unspecified atom stereocenters. The fourth-order valence-electron chi connectivity index (χ4n) is 1.31. The molecule has 0 aliphatic carbocycles. The number of hydrogen-bond donors (Lipinski definition) is 1. The van der Waals surface area contributed by atoms with E-state index in [1.165, 1.54) is 7.11 Å². The van der Waals surface area contributed by atoms with Crippen LogP contribution in [0.5, 0.6) is 0 Å². The van der Waals surface area contributed by atoms with E-state index in [0.29, 0.717) is 6.42 Å². The van der Waals surface area contributed by atoms with Crippen LogP contribution in [0.25, 0.3) is 0 Å². The van der Waals surface area contributed by atoms with E-state index < -0.39 is 6.10 Å². The van der Waals surface area contributed by atoms with Crippen molar-refractivity contribution in [3.63, 3.8) is 0 Å². The zero-order valence-electron chi connectivity index (χ0n) is 7.32. The van der Waals surface area contributed by atoms with Crippen LogP contribution in [-0.4, -0.2) is 36.5 Å². The van der Waals surface area contributed by atoms with Crippen LogP contribution in [0.15, 0.2) is 0 Å². The van der Waals surface area contributed by atoms with Crippen LogP contribution in [0.1, 0.15) is 19.8 Å². The van der Waals surface area contributed by atoms with E-state index in [9.17, 15) is 9.90 Å². The van der Waals surface area contributed by atoms with Crippen LogP contribution < -0.4 is 0 Å². The maximum absolute atomic E-state index is 10.8. The molecule has 1 saturated heterocycles. The molecule has 0 aromatic carbocycles. The number of methoxy groups -OCH3 is 1. The molecule has 3 atom stereocenters. The maximum Gasteiger partial charge on any atom is 0.308 e. The third kappa shape index (κ3) is 2.19. The molecule has 4 heteroatoms. The predicted octanol–water partition coefficient (Wildman–Crippen LogP) is 0.0878. The lowest BCUT2D eigenvalue weighted by Crippen LogP contribution is -2.16. The van der Waals surface area contributed by atoms with E-state index in [4.69, 9.17) is 4.74 Å². The number of aliphatic hydroxyl groups excluding tert-OH is 1. The van der Waals surface area contributed by atoms with Gasteiger partial charge in [-0.2, -0.15) is 0 Å². The molecule has 0 aromatic heterocycles. The van der Waals surface area contributed by atoms with E-state index in [1.54, 1.807) is 6.92 Å². The van der Waals surface area contributed by atoms with Gasteiger partial charge in [-0.05, 0) is 6.92 Å². The first-order chi connectivity index (χ1) is 5.63. The number of esters is 1. The van der Waals surface area contributed by atoms with E-state index in [0.717, 1.165) is 0 Å². The Morgan fingerprint density at radius 1 is 1.75 bits per heavy atom. The Labute approximate surface area is 71.5 Å². The third-order valence-electron chi connectivity index (χ3n) is 2.08. The summed E-state index contributed by atoms with van der Waals surface area (Å²) in [5.74, 6) is -0.290. The highest BCUT2D eigenvalue weighted by molar-refractivity contribution is 5.69. The minimum atomic E-state index is -0.445. The molecule has 1 fully saturated rings. The largest absolute Gasteiger partial charge is 0.469 e. The maximum atomic E-state index is 10.8. The molecule has 1 heterocycles. The van der Waals surface area contributed by atoms with Gasteiger partial charge in [0.15, 0.2) is 0 Å². The van der Waals surface area contributed by atoms with Gasteiger partial charge < -0.3 is 14.6 Å². The van der Waals surface area contributed by atoms with E-state index in [2.05, 4.69) is 4.74 Å². The highest BCUT2D eigenvalue weighted by Gasteiger charge is 2.31. The van der Waals surface area contributed by atoms with Crippen molar-refractivity contribution < 1.29 is 19.4 Å². The van der Waals surface area contributed by atoms with Crippen LogP contribution in [0, 0.1) is 0 Å². The molecule has 12 heavy (non-hydrogen) atoms. The van der Waals surface area contributed by atoms with Crippen LogP contribution in [0.4, 0.5) is 0 Å². The number of rotatable bonds is 2. The van der Waals surface area contributed by atoms with Crippen molar-refractivity contribution in [3.8, 4) is 0 Å². The van der Waals surface area contributed by atoms with Gasteiger partial charge in [0.25, 0.3) is 0 Å². The quantitative estimate of drug-likeness (QED) is 0.603. The van der Waals surface area contributed by atoms with Crippen LogP contribution in [0.2, 0.25) is 0 Å². The van der Waals surface area contributed by atoms with Crippen LogP contribution in [-0.2, 0) is 14.3 Å². The molecule has 1 aliphatic rings. The zero-order chi connectivity index (χ0) is 9.14. The van der Waals surface area contributed by atoms with Crippen LogP contribution >= 0.6 is 0 Å². The Kier molecular flexibility index (Phi) is 3.05. The molecule has 0 saturated carbocycles. The topological polar surface area (TPSA) is 55.8 Å².